The van der Waals surface area contributed by atoms with Gasteiger partial charge in [0.05, 0.1) is 6.61 Å². The molecule has 0 fully saturated rings. The van der Waals surface area contributed by atoms with Gasteiger partial charge in [0.1, 0.15) is 36.6 Å². The molecule has 19 heavy (non-hydrogen) atoms. The van der Waals surface area contributed by atoms with Crippen LogP contribution in [0.3, 0.4) is 0 Å². The highest BCUT2D eigenvalue weighted by Crippen LogP contribution is 2.13. The molecular weight excluding hydrogens is 268 g/mol. The zero-order valence-corrected chi connectivity index (χ0v) is 9.68. The summed E-state index contributed by atoms with van der Waals surface area (Å²) in [5, 5.41) is 81.4. The molecular formula is C9H18O10. The van der Waals surface area contributed by atoms with Crippen molar-refractivity contribution in [2.45, 2.75) is 42.7 Å². The molecule has 0 heterocycles. The van der Waals surface area contributed by atoms with E-state index in [2.05, 4.69) is 0 Å². The van der Waals surface area contributed by atoms with E-state index in [0.717, 1.165) is 0 Å². The third-order valence-corrected chi connectivity index (χ3v) is 2.56. The van der Waals surface area contributed by atoms with Crippen LogP contribution in [0.1, 0.15) is 0 Å². The molecule has 2 unspecified atom stereocenters. The van der Waals surface area contributed by atoms with E-state index in [1.165, 1.54) is 0 Å². The highest BCUT2D eigenvalue weighted by Gasteiger charge is 2.40. The summed E-state index contributed by atoms with van der Waals surface area (Å²) in [5.74, 6) is -1.87. The van der Waals surface area contributed by atoms with Gasteiger partial charge in [0.15, 0.2) is 6.10 Å². The van der Waals surface area contributed by atoms with Crippen LogP contribution in [0.15, 0.2) is 0 Å². The Hall–Kier alpha value is -0.850. The fourth-order valence-electron chi connectivity index (χ4n) is 1.27. The minimum Gasteiger partial charge on any atom is -0.479 e. The van der Waals surface area contributed by atoms with Crippen molar-refractivity contribution >= 4 is 5.97 Å². The summed E-state index contributed by atoms with van der Waals surface area (Å²) in [6, 6.07) is 0. The summed E-state index contributed by atoms with van der Waals surface area (Å²) in [6.45, 7) is -0.943. The quantitative estimate of drug-likeness (QED) is 0.207. The summed E-state index contributed by atoms with van der Waals surface area (Å²) < 4.78 is 0. The predicted molar refractivity (Wildman–Crippen MR) is 56.8 cm³/mol. The van der Waals surface area contributed by atoms with E-state index in [9.17, 15) is 30.3 Å². The van der Waals surface area contributed by atoms with Crippen LogP contribution in [0.25, 0.3) is 0 Å². The van der Waals surface area contributed by atoms with Gasteiger partial charge in [0.2, 0.25) is 0 Å². The number of aliphatic hydroxyl groups excluding tert-OH is 8. The summed E-state index contributed by atoms with van der Waals surface area (Å²) in [4.78, 5) is 10.3. The van der Waals surface area contributed by atoms with Crippen molar-refractivity contribution in [3.8, 4) is 0 Å². The molecule has 0 aromatic rings. The fourth-order valence-corrected chi connectivity index (χ4v) is 1.27. The zero-order chi connectivity index (χ0) is 15.3. The Morgan fingerprint density at radius 2 is 1.11 bits per heavy atom. The second-order valence-corrected chi connectivity index (χ2v) is 3.99. The monoisotopic (exact) mass is 286 g/mol. The van der Waals surface area contributed by atoms with Crippen LogP contribution < -0.4 is 0 Å². The smallest absolute Gasteiger partial charge is 0.335 e. The number of aliphatic hydroxyl groups is 8. The number of carbonyl (C=O) groups is 1. The first-order valence-corrected chi connectivity index (χ1v) is 5.25. The molecule has 0 radical (unpaired) electrons. The molecule has 0 aliphatic heterocycles. The number of aliphatic carboxylic acids is 1. The number of hydrogen-bond acceptors (Lipinski definition) is 9. The summed E-state index contributed by atoms with van der Waals surface area (Å²) >= 11 is 0. The van der Waals surface area contributed by atoms with Gasteiger partial charge in [-0.3, -0.25) is 0 Å². The van der Waals surface area contributed by atoms with Gasteiger partial charge < -0.3 is 46.0 Å². The molecule has 0 spiro atoms. The van der Waals surface area contributed by atoms with E-state index >= 15 is 0 Å². The Bertz CT molecular complexity index is 284. The molecule has 0 aliphatic rings. The minimum absolute atomic E-state index is 0.943. The summed E-state index contributed by atoms with van der Waals surface area (Å²) in [7, 11) is 0. The molecule has 0 saturated carbocycles. The Morgan fingerprint density at radius 1 is 0.737 bits per heavy atom. The summed E-state index contributed by atoms with van der Waals surface area (Å²) in [6.07, 6.45) is -15.4. The minimum atomic E-state index is -2.42. The van der Waals surface area contributed by atoms with Crippen molar-refractivity contribution in [2.75, 3.05) is 6.61 Å². The van der Waals surface area contributed by atoms with E-state index in [4.69, 9.17) is 20.4 Å². The average molecular weight is 286 g/mol. The lowest BCUT2D eigenvalue weighted by atomic mass is 9.94. The Morgan fingerprint density at radius 3 is 1.47 bits per heavy atom. The first-order valence-electron chi connectivity index (χ1n) is 5.25. The molecule has 10 heteroatoms. The van der Waals surface area contributed by atoms with Crippen molar-refractivity contribution < 1.29 is 50.8 Å². The van der Waals surface area contributed by atoms with Gasteiger partial charge in [0.25, 0.3) is 0 Å². The number of carboxylic acid groups (broad SMARTS) is 1. The topological polar surface area (TPSA) is 199 Å². The Balaban J connectivity index is 4.71. The summed E-state index contributed by atoms with van der Waals surface area (Å²) in [5.41, 5.74) is 0. The molecule has 0 rings (SSSR count). The van der Waals surface area contributed by atoms with Crippen LogP contribution in [-0.2, 0) is 4.79 Å². The molecule has 0 amide bonds. The molecule has 0 bridgehead atoms. The number of rotatable bonds is 8. The number of carboxylic acids is 1. The highest BCUT2D eigenvalue weighted by atomic mass is 16.4. The molecule has 0 aromatic carbocycles. The average Bonchev–Trinajstić information content (AvgIpc) is 2.40. The van der Waals surface area contributed by atoms with Gasteiger partial charge in [-0.15, -0.1) is 0 Å². The third kappa shape index (κ3) is 4.63. The fraction of sp³-hybridized carbons (Fsp3) is 0.889. The van der Waals surface area contributed by atoms with Crippen LogP contribution in [0.2, 0.25) is 0 Å². The van der Waals surface area contributed by atoms with E-state index < -0.39 is 55.3 Å². The van der Waals surface area contributed by atoms with Gasteiger partial charge in [-0.05, 0) is 0 Å². The Kier molecular flexibility index (Phi) is 7.33. The normalized spacial score (nSPS) is 22.9. The lowest BCUT2D eigenvalue weighted by Crippen LogP contribution is -2.55. The van der Waals surface area contributed by atoms with Crippen LogP contribution in [0, 0.1) is 0 Å². The number of hydrogen-bond donors (Lipinski definition) is 9. The van der Waals surface area contributed by atoms with Crippen LogP contribution >= 0.6 is 0 Å². The molecule has 10 nitrogen and oxygen atoms in total. The van der Waals surface area contributed by atoms with Crippen LogP contribution in [0.5, 0.6) is 0 Å². The second kappa shape index (κ2) is 7.67. The molecule has 7 atom stereocenters. The van der Waals surface area contributed by atoms with Gasteiger partial charge in [-0.2, -0.15) is 0 Å². The van der Waals surface area contributed by atoms with E-state index in [0.29, 0.717) is 0 Å². The van der Waals surface area contributed by atoms with Crippen molar-refractivity contribution in [3.63, 3.8) is 0 Å². The van der Waals surface area contributed by atoms with Crippen molar-refractivity contribution in [1.82, 2.24) is 0 Å². The lowest BCUT2D eigenvalue weighted by Gasteiger charge is -2.31. The third-order valence-electron chi connectivity index (χ3n) is 2.56. The van der Waals surface area contributed by atoms with E-state index in [1.54, 1.807) is 0 Å². The standard InChI is InChI=1S/C9H18O10/c10-1-2(11)3(12)4(13)5(14)6(15)7(16)8(17)9(18)19/h2-8,10-17H,1H2,(H,18,19)/t2?,3?,4-,5-,6+,7+,8-/m1/s1. The lowest BCUT2D eigenvalue weighted by molar-refractivity contribution is -0.180. The molecule has 0 aliphatic carbocycles. The Labute approximate surface area is 107 Å². The van der Waals surface area contributed by atoms with Crippen molar-refractivity contribution in [3.05, 3.63) is 0 Å². The second-order valence-electron chi connectivity index (χ2n) is 3.99. The molecule has 9 N–H and O–H groups in total. The maximum atomic E-state index is 10.3. The molecule has 0 aromatic heterocycles. The first kappa shape index (κ1) is 18.1. The first-order chi connectivity index (χ1) is 8.64. The largest absolute Gasteiger partial charge is 0.479 e. The molecule has 0 saturated heterocycles. The van der Waals surface area contributed by atoms with Crippen LogP contribution in [-0.4, -0.2) is 101 Å². The van der Waals surface area contributed by atoms with Gasteiger partial charge in [-0.25, -0.2) is 4.79 Å². The van der Waals surface area contributed by atoms with E-state index in [-0.39, 0.29) is 0 Å². The van der Waals surface area contributed by atoms with Gasteiger partial charge in [0, 0.05) is 0 Å². The SMILES string of the molecule is O=C(O)[C@H](O)[C@@H](O)[C@@H](O)[C@H](O)[C@H](O)C(O)C(O)CO. The maximum Gasteiger partial charge on any atom is 0.335 e. The highest BCUT2D eigenvalue weighted by molar-refractivity contribution is 5.72. The van der Waals surface area contributed by atoms with Crippen LogP contribution in [0.4, 0.5) is 0 Å². The van der Waals surface area contributed by atoms with Crippen molar-refractivity contribution in [2.24, 2.45) is 0 Å². The zero-order valence-electron chi connectivity index (χ0n) is 9.68. The van der Waals surface area contributed by atoms with Gasteiger partial charge >= 0.3 is 5.97 Å². The van der Waals surface area contributed by atoms with Crippen molar-refractivity contribution in [1.29, 1.82) is 0 Å². The predicted octanol–water partition coefficient (Wildman–Crippen LogP) is -5.41. The molecule has 114 valence electrons. The van der Waals surface area contributed by atoms with Gasteiger partial charge in [-0.1, -0.05) is 0 Å². The maximum absolute atomic E-state index is 10.3. The van der Waals surface area contributed by atoms with E-state index in [1.807, 2.05) is 0 Å².